The van der Waals surface area contributed by atoms with Crippen LogP contribution in [-0.2, 0) is 4.79 Å². The Morgan fingerprint density at radius 1 is 1.00 bits per heavy atom. The van der Waals surface area contributed by atoms with Crippen molar-refractivity contribution in [1.82, 2.24) is 15.5 Å². The van der Waals surface area contributed by atoms with Gasteiger partial charge in [-0.1, -0.05) is 25.7 Å². The van der Waals surface area contributed by atoms with Crippen molar-refractivity contribution in [3.05, 3.63) is 0 Å². The Bertz CT molecular complexity index is 441. The minimum Gasteiger partial charge on any atom is -0.352 e. The summed E-state index contributed by atoms with van der Waals surface area (Å²) < 4.78 is 0. The molecule has 0 radical (unpaired) electrons. The highest BCUT2D eigenvalue weighted by Crippen LogP contribution is 2.30. The fourth-order valence-corrected chi connectivity index (χ4v) is 4.12. The molecular weight excluding hydrogens is 389 g/mol. The van der Waals surface area contributed by atoms with Crippen molar-refractivity contribution in [2.24, 2.45) is 11.5 Å². The summed E-state index contributed by atoms with van der Waals surface area (Å²) in [5, 5.41) is 5.84. The molecule has 0 aromatic heterocycles. The van der Waals surface area contributed by atoms with Crippen LogP contribution in [0.3, 0.4) is 0 Å². The molecule has 9 heteroatoms. The SMILES string of the molecule is Cl.Cl.NC(=O)NCCC[C@H](N)C(=O)NC1(CN2CCCCC2)CCCCC1. The van der Waals surface area contributed by atoms with Crippen LogP contribution in [0.5, 0.6) is 0 Å². The van der Waals surface area contributed by atoms with Gasteiger partial charge in [0, 0.05) is 13.1 Å². The first-order chi connectivity index (χ1) is 12.0. The summed E-state index contributed by atoms with van der Waals surface area (Å²) in [6.45, 7) is 3.69. The van der Waals surface area contributed by atoms with E-state index in [9.17, 15) is 9.59 Å². The normalized spacial score (nSPS) is 20.5. The van der Waals surface area contributed by atoms with Gasteiger partial charge in [-0.2, -0.15) is 0 Å². The molecule has 1 aliphatic heterocycles. The van der Waals surface area contributed by atoms with Crippen LogP contribution in [-0.4, -0.2) is 54.6 Å². The second-order valence-corrected chi connectivity index (χ2v) is 7.71. The average Bonchev–Trinajstić information content (AvgIpc) is 2.59. The third-order valence-corrected chi connectivity index (χ3v) is 5.50. The number of hydrogen-bond donors (Lipinski definition) is 4. The lowest BCUT2D eigenvalue weighted by Gasteiger charge is -2.43. The predicted molar refractivity (Wildman–Crippen MR) is 114 cm³/mol. The van der Waals surface area contributed by atoms with Gasteiger partial charge in [-0.3, -0.25) is 4.79 Å². The zero-order chi connectivity index (χ0) is 18.1. The molecule has 2 rings (SSSR count). The zero-order valence-corrected chi connectivity index (χ0v) is 17.8. The maximum Gasteiger partial charge on any atom is 0.312 e. The van der Waals surface area contributed by atoms with E-state index in [0.29, 0.717) is 19.4 Å². The van der Waals surface area contributed by atoms with Gasteiger partial charge in [-0.15, -0.1) is 24.8 Å². The first-order valence-corrected chi connectivity index (χ1v) is 9.84. The standard InChI is InChI=1S/C18H35N5O2.2ClH/c19-15(8-7-11-21-17(20)25)16(24)22-18(9-3-1-4-10-18)14-23-12-5-2-6-13-23;;/h15H,1-14,19H2,(H,22,24)(H3,20,21,25);2*1H/t15-;;/m0../s1. The summed E-state index contributed by atoms with van der Waals surface area (Å²) in [6, 6.07) is -1.07. The Balaban J connectivity index is 0.00000338. The number of amides is 3. The van der Waals surface area contributed by atoms with E-state index in [2.05, 4.69) is 15.5 Å². The molecule has 6 N–H and O–H groups in total. The van der Waals surface area contributed by atoms with Gasteiger partial charge in [0.2, 0.25) is 5.91 Å². The highest BCUT2D eigenvalue weighted by atomic mass is 35.5. The molecule has 1 saturated heterocycles. The van der Waals surface area contributed by atoms with Crippen LogP contribution in [0.25, 0.3) is 0 Å². The predicted octanol–water partition coefficient (Wildman–Crippen LogP) is 1.91. The number of likely N-dealkylation sites (tertiary alicyclic amines) is 1. The summed E-state index contributed by atoms with van der Waals surface area (Å²) in [4.78, 5) is 25.8. The molecule has 3 amide bonds. The van der Waals surface area contributed by atoms with E-state index < -0.39 is 12.1 Å². The Morgan fingerprint density at radius 3 is 2.19 bits per heavy atom. The van der Waals surface area contributed by atoms with E-state index in [0.717, 1.165) is 32.5 Å². The van der Waals surface area contributed by atoms with E-state index >= 15 is 0 Å². The Morgan fingerprint density at radius 2 is 1.59 bits per heavy atom. The summed E-state index contributed by atoms with van der Waals surface area (Å²) in [7, 11) is 0. The number of nitrogens with zero attached hydrogens (tertiary/aromatic N) is 1. The van der Waals surface area contributed by atoms with Crippen LogP contribution >= 0.6 is 24.8 Å². The largest absolute Gasteiger partial charge is 0.352 e. The number of piperidine rings is 1. The Labute approximate surface area is 175 Å². The lowest BCUT2D eigenvalue weighted by molar-refractivity contribution is -0.125. The van der Waals surface area contributed by atoms with Crippen molar-refractivity contribution in [2.75, 3.05) is 26.2 Å². The summed E-state index contributed by atoms with van der Waals surface area (Å²) in [5.41, 5.74) is 11.0. The fraction of sp³-hybridized carbons (Fsp3) is 0.889. The van der Waals surface area contributed by atoms with Crippen molar-refractivity contribution in [2.45, 2.75) is 75.8 Å². The monoisotopic (exact) mass is 425 g/mol. The molecule has 0 aromatic carbocycles. The third kappa shape index (κ3) is 9.32. The topological polar surface area (TPSA) is 113 Å². The van der Waals surface area contributed by atoms with Crippen molar-refractivity contribution in [3.8, 4) is 0 Å². The molecule has 0 spiro atoms. The Kier molecular flexibility index (Phi) is 13.0. The Hall–Kier alpha value is -0.760. The lowest BCUT2D eigenvalue weighted by atomic mass is 9.80. The van der Waals surface area contributed by atoms with E-state index in [1.165, 1.54) is 38.5 Å². The van der Waals surface area contributed by atoms with Crippen LogP contribution < -0.4 is 22.1 Å². The number of rotatable bonds is 8. The molecule has 0 aromatic rings. The van der Waals surface area contributed by atoms with Crippen molar-refractivity contribution in [3.63, 3.8) is 0 Å². The summed E-state index contributed by atoms with van der Waals surface area (Å²) in [5.74, 6) is -0.0574. The minimum atomic E-state index is -0.541. The smallest absolute Gasteiger partial charge is 0.312 e. The van der Waals surface area contributed by atoms with Crippen molar-refractivity contribution in [1.29, 1.82) is 0 Å². The molecule has 160 valence electrons. The van der Waals surface area contributed by atoms with E-state index in [4.69, 9.17) is 11.5 Å². The number of nitrogens with one attached hydrogen (secondary N) is 2. The van der Waals surface area contributed by atoms with E-state index in [-0.39, 0.29) is 36.3 Å². The number of nitrogens with two attached hydrogens (primary N) is 2. The summed E-state index contributed by atoms with van der Waals surface area (Å²) >= 11 is 0. The molecule has 7 nitrogen and oxygen atoms in total. The highest BCUT2D eigenvalue weighted by molar-refractivity contribution is 5.85. The van der Waals surface area contributed by atoms with Gasteiger partial charge in [0.25, 0.3) is 0 Å². The number of hydrogen-bond acceptors (Lipinski definition) is 4. The maximum atomic E-state index is 12.6. The van der Waals surface area contributed by atoms with Gasteiger partial charge < -0.3 is 27.0 Å². The van der Waals surface area contributed by atoms with E-state index in [1.807, 2.05) is 0 Å². The van der Waals surface area contributed by atoms with Gasteiger partial charge in [-0.25, -0.2) is 4.79 Å². The maximum absolute atomic E-state index is 12.6. The molecule has 1 heterocycles. The minimum absolute atomic E-state index is 0. The number of primary amides is 1. The van der Waals surface area contributed by atoms with Crippen molar-refractivity contribution < 1.29 is 9.59 Å². The second kappa shape index (κ2) is 13.4. The van der Waals surface area contributed by atoms with E-state index in [1.54, 1.807) is 0 Å². The summed E-state index contributed by atoms with van der Waals surface area (Å²) in [6.07, 6.45) is 10.7. The molecule has 0 bridgehead atoms. The molecule has 1 saturated carbocycles. The fourth-order valence-electron chi connectivity index (χ4n) is 4.12. The first-order valence-electron chi connectivity index (χ1n) is 9.84. The first kappa shape index (κ1) is 26.2. The van der Waals surface area contributed by atoms with Crippen LogP contribution in [0.4, 0.5) is 4.79 Å². The quantitative estimate of drug-likeness (QED) is 0.444. The second-order valence-electron chi connectivity index (χ2n) is 7.71. The van der Waals surface area contributed by atoms with Gasteiger partial charge in [0.1, 0.15) is 0 Å². The number of urea groups is 1. The number of halogens is 2. The average molecular weight is 426 g/mol. The third-order valence-electron chi connectivity index (χ3n) is 5.50. The van der Waals surface area contributed by atoms with Crippen molar-refractivity contribution >= 4 is 36.8 Å². The van der Waals surface area contributed by atoms with Gasteiger partial charge >= 0.3 is 6.03 Å². The number of carbonyl (C=O) groups is 2. The molecule has 2 aliphatic rings. The molecule has 0 unspecified atom stereocenters. The highest BCUT2D eigenvalue weighted by Gasteiger charge is 2.36. The zero-order valence-electron chi connectivity index (χ0n) is 16.2. The van der Waals surface area contributed by atoms with Crippen LogP contribution in [0.15, 0.2) is 0 Å². The molecule has 1 atom stereocenters. The van der Waals surface area contributed by atoms with Crippen LogP contribution in [0, 0.1) is 0 Å². The lowest BCUT2D eigenvalue weighted by Crippen LogP contribution is -2.60. The van der Waals surface area contributed by atoms with Gasteiger partial charge in [0.15, 0.2) is 0 Å². The van der Waals surface area contributed by atoms with Gasteiger partial charge in [-0.05, 0) is 51.6 Å². The number of carbonyl (C=O) groups excluding carboxylic acids is 2. The molecule has 2 fully saturated rings. The van der Waals surface area contributed by atoms with Gasteiger partial charge in [0.05, 0.1) is 11.6 Å². The van der Waals surface area contributed by atoms with Crippen LogP contribution in [0.1, 0.15) is 64.2 Å². The molecule has 27 heavy (non-hydrogen) atoms. The molecule has 1 aliphatic carbocycles. The van der Waals surface area contributed by atoms with Crippen LogP contribution in [0.2, 0.25) is 0 Å². The molecular formula is C18H37Cl2N5O2.